The number of Topliss-reactive ketones (excluding diaryl/α,β-unsaturated/α-hetero) is 1. The first-order chi connectivity index (χ1) is 9.48. The van der Waals surface area contributed by atoms with Crippen LogP contribution in [0.15, 0.2) is 35.9 Å². The Kier molecular flexibility index (Phi) is 4.63. The van der Waals surface area contributed by atoms with Gasteiger partial charge in [-0.2, -0.15) is 13.2 Å². The van der Waals surface area contributed by atoms with Crippen molar-refractivity contribution in [3.05, 3.63) is 47.0 Å². The molecule has 0 amide bonds. The molecule has 1 aliphatic rings. The second kappa shape index (κ2) is 6.25. The SMILES string of the molecule is O=C(/C1=C/CCCCCC1)c1ccc(C(F)(F)F)cc1. The minimum Gasteiger partial charge on any atom is -0.289 e. The van der Waals surface area contributed by atoms with Crippen molar-refractivity contribution in [2.45, 2.75) is 44.7 Å². The van der Waals surface area contributed by atoms with Crippen molar-refractivity contribution in [3.63, 3.8) is 0 Å². The minimum absolute atomic E-state index is 0.138. The van der Waals surface area contributed by atoms with Crippen molar-refractivity contribution in [2.75, 3.05) is 0 Å². The number of hydrogen-bond donors (Lipinski definition) is 0. The predicted molar refractivity (Wildman–Crippen MR) is 71.6 cm³/mol. The molecule has 1 nitrogen and oxygen atoms in total. The van der Waals surface area contributed by atoms with Crippen LogP contribution in [0.2, 0.25) is 0 Å². The monoisotopic (exact) mass is 282 g/mol. The Bertz CT molecular complexity index is 497. The van der Waals surface area contributed by atoms with Gasteiger partial charge in [0.05, 0.1) is 5.56 Å². The molecule has 4 heteroatoms. The molecule has 0 saturated carbocycles. The molecule has 0 N–H and O–H groups in total. The molecule has 0 aromatic heterocycles. The van der Waals surface area contributed by atoms with Gasteiger partial charge in [-0.1, -0.05) is 31.1 Å². The third-order valence-corrected chi connectivity index (χ3v) is 3.56. The zero-order valence-electron chi connectivity index (χ0n) is 11.2. The molecular formula is C16H17F3O. The van der Waals surface area contributed by atoms with E-state index in [1.807, 2.05) is 6.08 Å². The summed E-state index contributed by atoms with van der Waals surface area (Å²) in [5.74, 6) is -0.138. The highest BCUT2D eigenvalue weighted by atomic mass is 19.4. The van der Waals surface area contributed by atoms with Gasteiger partial charge in [0.1, 0.15) is 0 Å². The normalized spacial score (nSPS) is 19.6. The average molecular weight is 282 g/mol. The number of halogens is 3. The Morgan fingerprint density at radius 3 is 2.25 bits per heavy atom. The van der Waals surface area contributed by atoms with E-state index in [2.05, 4.69) is 0 Å². The number of allylic oxidation sites excluding steroid dienone is 2. The van der Waals surface area contributed by atoms with E-state index >= 15 is 0 Å². The smallest absolute Gasteiger partial charge is 0.289 e. The number of hydrogen-bond acceptors (Lipinski definition) is 1. The number of rotatable bonds is 2. The fourth-order valence-corrected chi connectivity index (χ4v) is 2.39. The summed E-state index contributed by atoms with van der Waals surface area (Å²) in [5.41, 5.74) is 0.356. The lowest BCUT2D eigenvalue weighted by atomic mass is 9.94. The zero-order chi connectivity index (χ0) is 14.6. The van der Waals surface area contributed by atoms with Crippen LogP contribution in [-0.2, 0) is 6.18 Å². The molecular weight excluding hydrogens is 265 g/mol. The van der Waals surface area contributed by atoms with Crippen molar-refractivity contribution in [1.29, 1.82) is 0 Å². The molecule has 0 aliphatic heterocycles. The topological polar surface area (TPSA) is 17.1 Å². The van der Waals surface area contributed by atoms with E-state index in [1.54, 1.807) is 0 Å². The zero-order valence-corrected chi connectivity index (χ0v) is 11.2. The molecule has 0 heterocycles. The lowest BCUT2D eigenvalue weighted by Gasteiger charge is -2.11. The van der Waals surface area contributed by atoms with Gasteiger partial charge in [0.2, 0.25) is 0 Å². The number of carbonyl (C=O) groups is 1. The van der Waals surface area contributed by atoms with Gasteiger partial charge in [-0.3, -0.25) is 4.79 Å². The molecule has 0 spiro atoms. The summed E-state index contributed by atoms with van der Waals surface area (Å²) in [5, 5.41) is 0. The summed E-state index contributed by atoms with van der Waals surface area (Å²) >= 11 is 0. The Labute approximate surface area is 116 Å². The lowest BCUT2D eigenvalue weighted by Crippen LogP contribution is -2.08. The largest absolute Gasteiger partial charge is 0.416 e. The number of benzene rings is 1. The van der Waals surface area contributed by atoms with E-state index in [1.165, 1.54) is 18.6 Å². The van der Waals surface area contributed by atoms with Gasteiger partial charge < -0.3 is 0 Å². The molecule has 0 unspecified atom stereocenters. The van der Waals surface area contributed by atoms with E-state index in [0.29, 0.717) is 5.56 Å². The third kappa shape index (κ3) is 3.71. The second-order valence-corrected chi connectivity index (χ2v) is 5.09. The highest BCUT2D eigenvalue weighted by Crippen LogP contribution is 2.29. The predicted octanol–water partition coefficient (Wildman–Crippen LogP) is 5.17. The maximum Gasteiger partial charge on any atom is 0.416 e. The summed E-state index contributed by atoms with van der Waals surface area (Å²) in [6.45, 7) is 0. The molecule has 0 bridgehead atoms. The molecule has 1 aromatic rings. The average Bonchev–Trinajstić information content (AvgIpc) is 2.37. The van der Waals surface area contributed by atoms with Crippen LogP contribution >= 0.6 is 0 Å². The van der Waals surface area contributed by atoms with Crippen molar-refractivity contribution in [2.24, 2.45) is 0 Å². The maximum absolute atomic E-state index is 12.5. The van der Waals surface area contributed by atoms with Crippen molar-refractivity contribution < 1.29 is 18.0 Å². The van der Waals surface area contributed by atoms with Gasteiger partial charge in [0.25, 0.3) is 0 Å². The van der Waals surface area contributed by atoms with Crippen LogP contribution in [0, 0.1) is 0 Å². The molecule has 0 fully saturated rings. The molecule has 108 valence electrons. The van der Waals surface area contributed by atoms with Gasteiger partial charge in [0.15, 0.2) is 5.78 Å². The minimum atomic E-state index is -4.36. The van der Waals surface area contributed by atoms with Gasteiger partial charge in [-0.15, -0.1) is 0 Å². The van der Waals surface area contributed by atoms with Gasteiger partial charge >= 0.3 is 6.18 Å². The van der Waals surface area contributed by atoms with Gasteiger partial charge in [-0.05, 0) is 43.4 Å². The Morgan fingerprint density at radius 2 is 1.60 bits per heavy atom. The first-order valence-electron chi connectivity index (χ1n) is 6.89. The molecule has 0 atom stereocenters. The Morgan fingerprint density at radius 1 is 0.950 bits per heavy atom. The van der Waals surface area contributed by atoms with E-state index in [9.17, 15) is 18.0 Å². The van der Waals surface area contributed by atoms with Crippen molar-refractivity contribution in [3.8, 4) is 0 Å². The molecule has 1 aliphatic carbocycles. The van der Waals surface area contributed by atoms with Crippen LogP contribution < -0.4 is 0 Å². The first kappa shape index (κ1) is 14.8. The van der Waals surface area contributed by atoms with E-state index in [-0.39, 0.29) is 5.78 Å². The molecule has 0 saturated heterocycles. The summed E-state index contributed by atoms with van der Waals surface area (Å²) in [7, 11) is 0. The number of ketones is 1. The molecule has 1 aromatic carbocycles. The Balaban J connectivity index is 2.16. The summed E-state index contributed by atoms with van der Waals surface area (Å²) in [4.78, 5) is 12.3. The van der Waals surface area contributed by atoms with Crippen LogP contribution in [0.3, 0.4) is 0 Å². The van der Waals surface area contributed by atoms with Crippen LogP contribution in [-0.4, -0.2) is 5.78 Å². The van der Waals surface area contributed by atoms with Crippen LogP contribution in [0.4, 0.5) is 13.2 Å². The fraction of sp³-hybridized carbons (Fsp3) is 0.438. The molecule has 0 radical (unpaired) electrons. The van der Waals surface area contributed by atoms with E-state index in [4.69, 9.17) is 0 Å². The Hall–Kier alpha value is -1.58. The van der Waals surface area contributed by atoms with Crippen LogP contribution in [0.25, 0.3) is 0 Å². The number of alkyl halides is 3. The van der Waals surface area contributed by atoms with Crippen molar-refractivity contribution in [1.82, 2.24) is 0 Å². The number of carbonyl (C=O) groups excluding carboxylic acids is 1. The van der Waals surface area contributed by atoms with Crippen LogP contribution in [0.1, 0.15) is 54.4 Å². The van der Waals surface area contributed by atoms with E-state index in [0.717, 1.165) is 49.8 Å². The molecule has 20 heavy (non-hydrogen) atoms. The quantitative estimate of drug-likeness (QED) is 0.684. The third-order valence-electron chi connectivity index (χ3n) is 3.56. The fourth-order valence-electron chi connectivity index (χ4n) is 2.39. The van der Waals surface area contributed by atoms with Gasteiger partial charge in [0, 0.05) is 5.56 Å². The molecule has 2 rings (SSSR count). The maximum atomic E-state index is 12.5. The summed E-state index contributed by atoms with van der Waals surface area (Å²) in [6, 6.07) is 4.48. The van der Waals surface area contributed by atoms with Crippen LogP contribution in [0.5, 0.6) is 0 Å². The van der Waals surface area contributed by atoms with Gasteiger partial charge in [-0.25, -0.2) is 0 Å². The van der Waals surface area contributed by atoms with Crippen molar-refractivity contribution >= 4 is 5.78 Å². The summed E-state index contributed by atoms with van der Waals surface area (Å²) < 4.78 is 37.4. The highest BCUT2D eigenvalue weighted by Gasteiger charge is 2.30. The lowest BCUT2D eigenvalue weighted by molar-refractivity contribution is -0.137. The second-order valence-electron chi connectivity index (χ2n) is 5.09. The summed E-state index contributed by atoms with van der Waals surface area (Å²) in [6.07, 6.45) is 3.51. The standard InChI is InChI=1S/C16H17F3O/c17-16(18,19)14-10-8-13(9-11-14)15(20)12-6-4-2-1-3-5-7-12/h6,8-11H,1-5,7H2/b12-6+. The highest BCUT2D eigenvalue weighted by molar-refractivity contribution is 6.08. The van der Waals surface area contributed by atoms with E-state index < -0.39 is 11.7 Å². The first-order valence-corrected chi connectivity index (χ1v) is 6.89.